The van der Waals surface area contributed by atoms with Gasteiger partial charge in [-0.2, -0.15) is 0 Å². The second-order valence-electron chi connectivity index (χ2n) is 13.5. The highest BCUT2D eigenvalue weighted by Crippen LogP contribution is 2.41. The van der Waals surface area contributed by atoms with Gasteiger partial charge in [0.1, 0.15) is 11.9 Å². The van der Waals surface area contributed by atoms with Crippen LogP contribution in [0, 0.1) is 0 Å². The molecule has 0 amide bonds. The number of nitrogens with two attached hydrogens (primary N) is 1. The van der Waals surface area contributed by atoms with E-state index in [0.717, 1.165) is 34.0 Å². The molecule has 0 bridgehead atoms. The predicted octanol–water partition coefficient (Wildman–Crippen LogP) is 12.0. The average Bonchev–Trinajstić information content (AvgIpc) is 3.68. The predicted molar refractivity (Wildman–Crippen MR) is 222 cm³/mol. The van der Waals surface area contributed by atoms with Gasteiger partial charge in [0.25, 0.3) is 0 Å². The molecule has 8 aromatic carbocycles. The quantitative estimate of drug-likeness (QED) is 0.140. The Balaban J connectivity index is 1.06. The summed E-state index contributed by atoms with van der Waals surface area (Å²) in [7, 11) is 0. The van der Waals surface area contributed by atoms with E-state index in [9.17, 15) is 0 Å². The highest BCUT2D eigenvalue weighted by atomic mass is 15.1. The lowest BCUT2D eigenvalue weighted by Gasteiger charge is -2.21. The van der Waals surface area contributed by atoms with Gasteiger partial charge in [-0.25, -0.2) is 0 Å². The zero-order valence-corrected chi connectivity index (χ0v) is 29.2. The van der Waals surface area contributed by atoms with Gasteiger partial charge in [0.2, 0.25) is 0 Å². The number of benzene rings is 8. The first kappa shape index (κ1) is 32.0. The molecule has 0 saturated carbocycles. The largest absolute Gasteiger partial charge is 0.397 e. The van der Waals surface area contributed by atoms with Gasteiger partial charge in [-0.1, -0.05) is 164 Å². The van der Waals surface area contributed by atoms with Crippen molar-refractivity contribution in [3.8, 4) is 33.4 Å². The highest BCUT2D eigenvalue weighted by molar-refractivity contribution is 6.05. The van der Waals surface area contributed by atoms with E-state index >= 15 is 0 Å². The number of nitrogen functional groups attached to an aromatic ring is 1. The topological polar surface area (TPSA) is 62.4 Å². The number of nitrogens with zero attached hydrogens (tertiary/aromatic N) is 1. The van der Waals surface area contributed by atoms with E-state index in [0.29, 0.717) is 0 Å². The zero-order chi connectivity index (χ0) is 35.6. The second kappa shape index (κ2) is 14.0. The summed E-state index contributed by atoms with van der Waals surface area (Å²) >= 11 is 0. The number of hydrogen-bond donors (Lipinski definition) is 3. The van der Waals surface area contributed by atoms with Crippen LogP contribution in [0.1, 0.15) is 28.8 Å². The van der Waals surface area contributed by atoms with E-state index in [-0.39, 0.29) is 12.1 Å². The molecule has 0 fully saturated rings. The van der Waals surface area contributed by atoms with Gasteiger partial charge in [-0.3, -0.25) is 4.99 Å². The van der Waals surface area contributed by atoms with Crippen LogP contribution in [0.5, 0.6) is 0 Å². The Labute approximate surface area is 310 Å². The van der Waals surface area contributed by atoms with Gasteiger partial charge in [-0.15, -0.1) is 0 Å². The fraction of sp³-hybridized carbons (Fsp3) is 0.0408. The van der Waals surface area contributed by atoms with Crippen molar-refractivity contribution < 1.29 is 0 Å². The van der Waals surface area contributed by atoms with Crippen LogP contribution in [-0.4, -0.2) is 5.84 Å². The van der Waals surface area contributed by atoms with Gasteiger partial charge in [0.15, 0.2) is 0 Å². The third-order valence-electron chi connectivity index (χ3n) is 10.2. The highest BCUT2D eigenvalue weighted by Gasteiger charge is 2.32. The van der Waals surface area contributed by atoms with E-state index in [1.807, 2.05) is 30.3 Å². The van der Waals surface area contributed by atoms with Crippen LogP contribution in [0.4, 0.5) is 17.1 Å². The van der Waals surface area contributed by atoms with Crippen LogP contribution in [0.15, 0.2) is 199 Å². The summed E-state index contributed by atoms with van der Waals surface area (Å²) in [5, 5.41) is 9.68. The number of para-hydroxylation sites is 2. The minimum absolute atomic E-state index is 0.0137. The van der Waals surface area contributed by atoms with Crippen LogP contribution in [0.25, 0.3) is 44.2 Å². The van der Waals surface area contributed by atoms with Crippen molar-refractivity contribution in [1.29, 1.82) is 0 Å². The van der Waals surface area contributed by atoms with Crippen molar-refractivity contribution in [2.75, 3.05) is 11.1 Å². The molecule has 2 unspecified atom stereocenters. The van der Waals surface area contributed by atoms with E-state index in [2.05, 4.69) is 174 Å². The Morgan fingerprint density at radius 3 is 1.72 bits per heavy atom. The molecule has 8 aromatic rings. The Kier molecular flexibility index (Phi) is 8.47. The molecule has 0 aromatic heterocycles. The first-order valence-corrected chi connectivity index (χ1v) is 18.1. The molecule has 4 nitrogen and oxygen atoms in total. The molecular formula is C49H38N4. The number of anilines is 3. The van der Waals surface area contributed by atoms with Gasteiger partial charge >= 0.3 is 0 Å². The molecule has 1 aliphatic heterocycles. The zero-order valence-electron chi connectivity index (χ0n) is 29.2. The summed E-state index contributed by atoms with van der Waals surface area (Å²) in [6, 6.07) is 68.3. The standard InChI is InChI=1S/C49H38N4/c50-45-22-7-8-23-46(45)51-40-30-28-35(29-31-40)41-18-10-21-44-42(19-11-20-43(41)44)38-16-9-17-39(32-38)48-47(52-49(53-48)37-14-5-2-6-15-37)36-26-24-34(25-27-36)33-12-3-1-4-13-33/h1-32,47-48,51H,50H2,(H,52,53). The molecule has 0 spiro atoms. The number of fused-ring (bicyclic) bond motifs is 1. The summed E-state index contributed by atoms with van der Waals surface area (Å²) in [6.45, 7) is 0. The summed E-state index contributed by atoms with van der Waals surface area (Å²) < 4.78 is 0. The molecule has 0 saturated heterocycles. The van der Waals surface area contributed by atoms with Crippen LogP contribution in [-0.2, 0) is 0 Å². The van der Waals surface area contributed by atoms with Crippen LogP contribution < -0.4 is 16.4 Å². The molecular weight excluding hydrogens is 645 g/mol. The Bertz CT molecular complexity index is 2560. The van der Waals surface area contributed by atoms with Gasteiger partial charge in [-0.05, 0) is 85.6 Å². The summed E-state index contributed by atoms with van der Waals surface area (Å²) in [6.07, 6.45) is 0. The molecule has 1 aliphatic rings. The molecule has 1 heterocycles. The SMILES string of the molecule is Nc1ccccc1Nc1ccc(-c2cccc3c(-c4cccc(C5N=C(c6ccccc6)NC5c5ccc(-c6ccccc6)cc5)c4)cccc23)cc1. The van der Waals surface area contributed by atoms with Gasteiger partial charge < -0.3 is 16.4 Å². The lowest BCUT2D eigenvalue weighted by molar-refractivity contribution is 0.572. The monoisotopic (exact) mass is 682 g/mol. The number of hydrogen-bond acceptors (Lipinski definition) is 4. The first-order chi connectivity index (χ1) is 26.2. The summed E-state index contributed by atoms with van der Waals surface area (Å²) in [5.74, 6) is 0.918. The molecule has 0 radical (unpaired) electrons. The van der Waals surface area contributed by atoms with E-state index in [1.165, 1.54) is 49.7 Å². The number of nitrogens with one attached hydrogen (secondary N) is 2. The fourth-order valence-corrected chi connectivity index (χ4v) is 7.48. The summed E-state index contributed by atoms with van der Waals surface area (Å²) in [5.41, 5.74) is 19.4. The molecule has 2 atom stereocenters. The molecule has 254 valence electrons. The number of rotatable bonds is 8. The lowest BCUT2D eigenvalue weighted by Crippen LogP contribution is -2.25. The van der Waals surface area contributed by atoms with Crippen molar-refractivity contribution in [3.05, 3.63) is 211 Å². The molecule has 9 rings (SSSR count). The third-order valence-corrected chi connectivity index (χ3v) is 10.2. The van der Waals surface area contributed by atoms with E-state index in [4.69, 9.17) is 10.7 Å². The molecule has 4 heteroatoms. The van der Waals surface area contributed by atoms with Gasteiger partial charge in [0, 0.05) is 11.3 Å². The number of amidine groups is 1. The minimum atomic E-state index is -0.100. The van der Waals surface area contributed by atoms with E-state index < -0.39 is 0 Å². The van der Waals surface area contributed by atoms with Crippen molar-refractivity contribution in [3.63, 3.8) is 0 Å². The maximum absolute atomic E-state index is 6.17. The molecule has 4 N–H and O–H groups in total. The lowest BCUT2D eigenvalue weighted by atomic mass is 9.89. The van der Waals surface area contributed by atoms with Crippen molar-refractivity contribution in [1.82, 2.24) is 5.32 Å². The van der Waals surface area contributed by atoms with Gasteiger partial charge in [0.05, 0.1) is 17.4 Å². The minimum Gasteiger partial charge on any atom is -0.397 e. The van der Waals surface area contributed by atoms with Crippen molar-refractivity contribution >= 4 is 33.7 Å². The third kappa shape index (κ3) is 6.43. The maximum atomic E-state index is 6.17. The fourth-order valence-electron chi connectivity index (χ4n) is 7.48. The Morgan fingerprint density at radius 1 is 0.453 bits per heavy atom. The Morgan fingerprint density at radius 2 is 1.02 bits per heavy atom. The first-order valence-electron chi connectivity index (χ1n) is 18.1. The van der Waals surface area contributed by atoms with Crippen LogP contribution >= 0.6 is 0 Å². The Hall–Kier alpha value is -6.91. The smallest absolute Gasteiger partial charge is 0.129 e. The van der Waals surface area contributed by atoms with E-state index in [1.54, 1.807) is 0 Å². The second-order valence-corrected chi connectivity index (χ2v) is 13.5. The normalized spacial score (nSPS) is 15.1. The van der Waals surface area contributed by atoms with Crippen molar-refractivity contribution in [2.45, 2.75) is 12.1 Å². The maximum Gasteiger partial charge on any atom is 0.129 e. The summed E-state index contributed by atoms with van der Waals surface area (Å²) in [4.78, 5) is 5.35. The molecule has 0 aliphatic carbocycles. The number of aliphatic imine (C=N–C) groups is 1. The molecule has 53 heavy (non-hydrogen) atoms. The van der Waals surface area contributed by atoms with Crippen LogP contribution in [0.2, 0.25) is 0 Å². The average molecular weight is 683 g/mol. The van der Waals surface area contributed by atoms with Crippen LogP contribution in [0.3, 0.4) is 0 Å². The van der Waals surface area contributed by atoms with Crippen molar-refractivity contribution in [2.24, 2.45) is 4.99 Å².